The van der Waals surface area contributed by atoms with Gasteiger partial charge in [-0.3, -0.25) is 9.89 Å². The molecule has 1 atom stereocenters. The van der Waals surface area contributed by atoms with Crippen LogP contribution in [0.3, 0.4) is 0 Å². The van der Waals surface area contributed by atoms with E-state index >= 15 is 0 Å². The lowest BCUT2D eigenvalue weighted by Crippen LogP contribution is -2.37. The molecule has 0 aliphatic carbocycles. The zero-order valence-corrected chi connectivity index (χ0v) is 13.5. The van der Waals surface area contributed by atoms with E-state index in [1.54, 1.807) is 0 Å². The minimum atomic E-state index is 0.111. The van der Waals surface area contributed by atoms with Crippen LogP contribution in [0.15, 0.2) is 0 Å². The summed E-state index contributed by atoms with van der Waals surface area (Å²) in [6, 6.07) is 0. The summed E-state index contributed by atoms with van der Waals surface area (Å²) in [5.74, 6) is 1.23. The average molecular weight is 308 g/mol. The number of hydrogen-bond acceptors (Lipinski definition) is 4. The number of fused-ring (bicyclic) bond motifs is 1. The molecule has 21 heavy (non-hydrogen) atoms. The molecule has 6 heteroatoms. The van der Waals surface area contributed by atoms with E-state index in [4.69, 9.17) is 0 Å². The van der Waals surface area contributed by atoms with Crippen LogP contribution in [0, 0.1) is 0 Å². The van der Waals surface area contributed by atoms with Crippen molar-refractivity contribution in [3.05, 3.63) is 17.0 Å². The fraction of sp³-hybridized carbons (Fsp3) is 0.733. The van der Waals surface area contributed by atoms with E-state index in [1.807, 2.05) is 16.7 Å². The smallest absolute Gasteiger partial charge is 0.274 e. The molecule has 116 valence electrons. The highest BCUT2D eigenvalue weighted by atomic mass is 32.2. The van der Waals surface area contributed by atoms with Gasteiger partial charge in [-0.2, -0.15) is 16.9 Å². The average Bonchev–Trinajstić information content (AvgIpc) is 2.79. The maximum Gasteiger partial charge on any atom is 0.274 e. The number of H-pyrrole nitrogens is 1. The van der Waals surface area contributed by atoms with Crippen molar-refractivity contribution in [3.8, 4) is 0 Å². The van der Waals surface area contributed by atoms with Crippen LogP contribution in [0.25, 0.3) is 0 Å². The quantitative estimate of drug-likeness (QED) is 0.894. The van der Waals surface area contributed by atoms with Crippen molar-refractivity contribution >= 4 is 17.7 Å². The van der Waals surface area contributed by atoms with E-state index in [9.17, 15) is 4.79 Å². The molecule has 1 fully saturated rings. The number of carbonyl (C=O) groups is 1. The third-order valence-electron chi connectivity index (χ3n) is 4.33. The molecule has 0 radical (unpaired) electrons. The predicted octanol–water partition coefficient (Wildman–Crippen LogP) is 1.80. The number of carbonyl (C=O) groups excluding carboxylic acids is 1. The third-order valence-corrected chi connectivity index (χ3v) is 5.52. The molecular weight excluding hydrogens is 284 g/mol. The van der Waals surface area contributed by atoms with Crippen molar-refractivity contribution in [1.82, 2.24) is 20.4 Å². The van der Waals surface area contributed by atoms with Crippen molar-refractivity contribution in [1.29, 1.82) is 0 Å². The maximum absolute atomic E-state index is 12.8. The number of nitrogens with one attached hydrogen (secondary N) is 2. The standard InChI is InChI=1S/C15H24N4OS/c1-2-21-11-5-3-4-8-19(10-11)15(20)14-12-9-16-7-6-13(12)17-18-14/h11,16H,2-10H2,1H3,(H,17,18). The summed E-state index contributed by atoms with van der Waals surface area (Å²) in [6.07, 6.45) is 4.49. The van der Waals surface area contributed by atoms with Crippen LogP contribution in [-0.4, -0.2) is 51.6 Å². The fourth-order valence-electron chi connectivity index (χ4n) is 3.21. The van der Waals surface area contributed by atoms with Gasteiger partial charge in [-0.15, -0.1) is 0 Å². The van der Waals surface area contributed by atoms with Crippen LogP contribution in [0.5, 0.6) is 0 Å². The fourth-order valence-corrected chi connectivity index (χ4v) is 4.30. The number of aromatic nitrogens is 2. The van der Waals surface area contributed by atoms with E-state index in [-0.39, 0.29) is 5.91 Å². The van der Waals surface area contributed by atoms with E-state index in [2.05, 4.69) is 22.4 Å². The molecule has 1 amide bonds. The Bertz CT molecular complexity index is 502. The maximum atomic E-state index is 12.8. The first-order valence-corrected chi connectivity index (χ1v) is 9.02. The van der Waals surface area contributed by atoms with E-state index in [0.717, 1.165) is 56.0 Å². The Kier molecular flexibility index (Phi) is 4.85. The summed E-state index contributed by atoms with van der Waals surface area (Å²) in [4.78, 5) is 14.9. The van der Waals surface area contributed by atoms with Crippen molar-refractivity contribution in [2.75, 3.05) is 25.4 Å². The largest absolute Gasteiger partial charge is 0.336 e. The monoisotopic (exact) mass is 308 g/mol. The second kappa shape index (κ2) is 6.83. The summed E-state index contributed by atoms with van der Waals surface area (Å²) < 4.78 is 0. The summed E-state index contributed by atoms with van der Waals surface area (Å²) in [5, 5.41) is 11.3. The van der Waals surface area contributed by atoms with Crippen LogP contribution >= 0.6 is 11.8 Å². The lowest BCUT2D eigenvalue weighted by atomic mass is 10.1. The molecule has 0 spiro atoms. The summed E-state index contributed by atoms with van der Waals surface area (Å²) in [5.41, 5.74) is 2.85. The second-order valence-corrected chi connectivity index (χ2v) is 7.36. The zero-order valence-electron chi connectivity index (χ0n) is 12.7. The molecule has 1 unspecified atom stereocenters. The van der Waals surface area contributed by atoms with Gasteiger partial charge in [0.1, 0.15) is 0 Å². The minimum Gasteiger partial charge on any atom is -0.336 e. The molecule has 3 heterocycles. The molecule has 5 nitrogen and oxygen atoms in total. The Morgan fingerprint density at radius 1 is 1.48 bits per heavy atom. The highest BCUT2D eigenvalue weighted by molar-refractivity contribution is 7.99. The van der Waals surface area contributed by atoms with Gasteiger partial charge < -0.3 is 10.2 Å². The Hall–Kier alpha value is -1.01. The topological polar surface area (TPSA) is 61.0 Å². The van der Waals surface area contributed by atoms with Crippen molar-refractivity contribution < 1.29 is 4.79 Å². The molecule has 3 rings (SSSR count). The van der Waals surface area contributed by atoms with E-state index < -0.39 is 0 Å². The molecular formula is C15H24N4OS. The molecule has 2 aliphatic heterocycles. The van der Waals surface area contributed by atoms with Gasteiger partial charge in [0.15, 0.2) is 5.69 Å². The number of nitrogens with zero attached hydrogens (tertiary/aromatic N) is 2. The molecule has 2 N–H and O–H groups in total. The van der Waals surface area contributed by atoms with Crippen LogP contribution < -0.4 is 5.32 Å². The molecule has 1 aromatic heterocycles. The Balaban J connectivity index is 1.75. The van der Waals surface area contributed by atoms with Crippen LogP contribution in [0.2, 0.25) is 0 Å². The number of aromatic amines is 1. The number of likely N-dealkylation sites (tertiary alicyclic amines) is 1. The minimum absolute atomic E-state index is 0.111. The number of amides is 1. The predicted molar refractivity (Wildman–Crippen MR) is 85.7 cm³/mol. The summed E-state index contributed by atoms with van der Waals surface area (Å²) >= 11 is 1.98. The van der Waals surface area contributed by atoms with Gasteiger partial charge in [-0.1, -0.05) is 13.3 Å². The zero-order chi connectivity index (χ0) is 14.7. The SMILES string of the molecule is CCSC1CCCCN(C(=O)c2n[nH]c3c2CNCC3)C1. The molecule has 1 saturated heterocycles. The van der Waals surface area contributed by atoms with E-state index in [0.29, 0.717) is 10.9 Å². The van der Waals surface area contributed by atoms with Gasteiger partial charge in [0.25, 0.3) is 5.91 Å². The highest BCUT2D eigenvalue weighted by Crippen LogP contribution is 2.24. The second-order valence-electron chi connectivity index (χ2n) is 5.78. The lowest BCUT2D eigenvalue weighted by molar-refractivity contribution is 0.0756. The molecule has 0 bridgehead atoms. The Morgan fingerprint density at radius 2 is 2.38 bits per heavy atom. The van der Waals surface area contributed by atoms with Gasteiger partial charge in [0.2, 0.25) is 0 Å². The number of thioether (sulfide) groups is 1. The van der Waals surface area contributed by atoms with Gasteiger partial charge in [-0.05, 0) is 18.6 Å². The van der Waals surface area contributed by atoms with E-state index in [1.165, 1.54) is 12.8 Å². The molecule has 2 aliphatic rings. The summed E-state index contributed by atoms with van der Waals surface area (Å²) in [6.45, 7) is 5.65. The normalized spacial score (nSPS) is 22.7. The van der Waals surface area contributed by atoms with Crippen LogP contribution in [-0.2, 0) is 13.0 Å². The Labute approximate surface area is 130 Å². The van der Waals surface area contributed by atoms with Crippen LogP contribution in [0.1, 0.15) is 47.9 Å². The first-order valence-electron chi connectivity index (χ1n) is 7.97. The summed E-state index contributed by atoms with van der Waals surface area (Å²) in [7, 11) is 0. The Morgan fingerprint density at radius 3 is 3.24 bits per heavy atom. The number of hydrogen-bond donors (Lipinski definition) is 2. The molecule has 1 aromatic rings. The lowest BCUT2D eigenvalue weighted by Gasteiger charge is -2.24. The van der Waals surface area contributed by atoms with Crippen LogP contribution in [0.4, 0.5) is 0 Å². The molecule has 0 aromatic carbocycles. The highest BCUT2D eigenvalue weighted by Gasteiger charge is 2.28. The van der Waals surface area contributed by atoms with Crippen molar-refractivity contribution in [3.63, 3.8) is 0 Å². The first kappa shape index (κ1) is 14.9. The number of rotatable bonds is 3. The van der Waals surface area contributed by atoms with Gasteiger partial charge in [0.05, 0.1) is 0 Å². The van der Waals surface area contributed by atoms with Crippen molar-refractivity contribution in [2.24, 2.45) is 0 Å². The third kappa shape index (κ3) is 3.26. The molecule has 0 saturated carbocycles. The van der Waals surface area contributed by atoms with Gasteiger partial charge in [-0.25, -0.2) is 0 Å². The first-order chi connectivity index (χ1) is 10.3. The van der Waals surface area contributed by atoms with Crippen molar-refractivity contribution in [2.45, 2.75) is 44.4 Å². The van der Waals surface area contributed by atoms with Gasteiger partial charge in [0, 0.05) is 49.1 Å². The van der Waals surface area contributed by atoms with Gasteiger partial charge >= 0.3 is 0 Å².